The Morgan fingerprint density at radius 1 is 1.09 bits per heavy atom. The summed E-state index contributed by atoms with van der Waals surface area (Å²) in [5.74, 6) is 0.125. The largest absolute Gasteiger partial charge is 0.486 e. The van der Waals surface area contributed by atoms with E-state index in [1.807, 2.05) is 0 Å². The van der Waals surface area contributed by atoms with E-state index in [-0.39, 0.29) is 17.0 Å². The Morgan fingerprint density at radius 3 is 2.27 bits per heavy atom. The van der Waals surface area contributed by atoms with Crippen LogP contribution >= 0.6 is 11.6 Å². The number of hydrogen-bond acceptors (Lipinski definition) is 5. The predicted octanol–water partition coefficient (Wildman–Crippen LogP) is 3.25. The zero-order valence-electron chi connectivity index (χ0n) is 11.2. The van der Waals surface area contributed by atoms with Crippen molar-refractivity contribution in [2.24, 2.45) is 0 Å². The molecule has 112 valence electrons. The molecule has 1 aliphatic heterocycles. The minimum Gasteiger partial charge on any atom is -0.486 e. The summed E-state index contributed by atoms with van der Waals surface area (Å²) >= 11 is 5.78. The quantitative estimate of drug-likeness (QED) is 0.493. The van der Waals surface area contributed by atoms with Crippen molar-refractivity contribution in [1.29, 1.82) is 0 Å². The smallest absolute Gasteiger partial charge is 0.284 e. The molecule has 3 rings (SSSR count). The van der Waals surface area contributed by atoms with Crippen molar-refractivity contribution in [2.45, 2.75) is 0 Å². The molecule has 6 nitrogen and oxygen atoms in total. The van der Waals surface area contributed by atoms with E-state index in [0.717, 1.165) is 0 Å². The van der Waals surface area contributed by atoms with E-state index in [9.17, 15) is 14.9 Å². The summed E-state index contributed by atoms with van der Waals surface area (Å²) < 4.78 is 10.7. The zero-order valence-corrected chi connectivity index (χ0v) is 12.0. The Morgan fingerprint density at radius 2 is 1.68 bits per heavy atom. The van der Waals surface area contributed by atoms with Gasteiger partial charge in [0.05, 0.1) is 11.0 Å². The number of rotatable bonds is 3. The molecule has 7 heteroatoms. The number of carbonyl (C=O) groups excluding carboxylic acids is 1. The van der Waals surface area contributed by atoms with Crippen LogP contribution in [0.15, 0.2) is 36.4 Å². The first-order valence-corrected chi connectivity index (χ1v) is 6.82. The van der Waals surface area contributed by atoms with Crippen molar-refractivity contribution in [3.05, 3.63) is 62.7 Å². The molecule has 0 atom stereocenters. The van der Waals surface area contributed by atoms with Gasteiger partial charge >= 0.3 is 0 Å². The van der Waals surface area contributed by atoms with Crippen LogP contribution in [0.25, 0.3) is 0 Å². The summed E-state index contributed by atoms with van der Waals surface area (Å²) in [5.41, 5.74) is -0.0510. The predicted molar refractivity (Wildman–Crippen MR) is 79.0 cm³/mol. The van der Waals surface area contributed by atoms with Crippen LogP contribution in [-0.4, -0.2) is 23.9 Å². The number of fused-ring (bicyclic) bond motifs is 1. The Labute approximate surface area is 130 Å². The molecule has 1 aliphatic rings. The zero-order chi connectivity index (χ0) is 15.7. The molecule has 0 aliphatic carbocycles. The van der Waals surface area contributed by atoms with Crippen molar-refractivity contribution in [2.75, 3.05) is 13.2 Å². The van der Waals surface area contributed by atoms with Crippen LogP contribution in [0.2, 0.25) is 5.02 Å². The van der Waals surface area contributed by atoms with Gasteiger partial charge in [0, 0.05) is 16.7 Å². The highest BCUT2D eigenvalue weighted by Crippen LogP contribution is 2.37. The Hall–Kier alpha value is -2.60. The first kappa shape index (κ1) is 14.3. The number of nitro groups is 1. The molecule has 0 fully saturated rings. The van der Waals surface area contributed by atoms with Crippen LogP contribution in [0.4, 0.5) is 5.69 Å². The lowest BCUT2D eigenvalue weighted by Gasteiger charge is -2.18. The average Bonchev–Trinajstić information content (AvgIpc) is 2.53. The van der Waals surface area contributed by atoms with Crippen LogP contribution in [-0.2, 0) is 0 Å². The van der Waals surface area contributed by atoms with Gasteiger partial charge in [0.25, 0.3) is 5.69 Å². The van der Waals surface area contributed by atoms with Crippen LogP contribution in [0.1, 0.15) is 15.9 Å². The summed E-state index contributed by atoms with van der Waals surface area (Å²) in [7, 11) is 0. The summed E-state index contributed by atoms with van der Waals surface area (Å²) in [6.45, 7) is 0.647. The number of benzene rings is 2. The highest BCUT2D eigenvalue weighted by atomic mass is 35.5. The van der Waals surface area contributed by atoms with Crippen molar-refractivity contribution in [3.63, 3.8) is 0 Å². The molecule has 0 N–H and O–H groups in total. The lowest BCUT2D eigenvalue weighted by molar-refractivity contribution is -0.385. The monoisotopic (exact) mass is 319 g/mol. The molecule has 0 aromatic heterocycles. The lowest BCUT2D eigenvalue weighted by Crippen LogP contribution is -2.16. The maximum atomic E-state index is 12.5. The number of ether oxygens (including phenoxy) is 2. The SMILES string of the molecule is O=C(c1ccc(Cl)cc1)c1cc2c(cc1[N+](=O)[O-])OCCO2. The van der Waals surface area contributed by atoms with Crippen LogP contribution in [0.5, 0.6) is 11.5 Å². The van der Waals surface area contributed by atoms with Gasteiger partial charge in [-0.05, 0) is 24.3 Å². The van der Waals surface area contributed by atoms with Gasteiger partial charge in [-0.2, -0.15) is 0 Å². The lowest BCUT2D eigenvalue weighted by atomic mass is 10.0. The first-order chi connectivity index (χ1) is 10.6. The van der Waals surface area contributed by atoms with E-state index in [0.29, 0.717) is 29.5 Å². The third-order valence-corrected chi connectivity index (χ3v) is 3.46. The Bertz CT molecular complexity index is 757. The van der Waals surface area contributed by atoms with E-state index in [4.69, 9.17) is 21.1 Å². The maximum Gasteiger partial charge on any atom is 0.284 e. The molecule has 0 bridgehead atoms. The summed E-state index contributed by atoms with van der Waals surface area (Å²) in [6, 6.07) is 8.72. The number of nitro benzene ring substituents is 1. The average molecular weight is 320 g/mol. The van der Waals surface area contributed by atoms with E-state index >= 15 is 0 Å². The highest BCUT2D eigenvalue weighted by Gasteiger charge is 2.26. The van der Waals surface area contributed by atoms with Crippen LogP contribution < -0.4 is 9.47 Å². The molecule has 0 spiro atoms. The summed E-state index contributed by atoms with van der Waals surface area (Å²) in [6.07, 6.45) is 0. The third kappa shape index (κ3) is 2.60. The first-order valence-electron chi connectivity index (χ1n) is 6.44. The number of halogens is 1. The molecule has 2 aromatic carbocycles. The normalized spacial score (nSPS) is 12.8. The van der Waals surface area contributed by atoms with Crippen LogP contribution in [0, 0.1) is 10.1 Å². The van der Waals surface area contributed by atoms with Gasteiger partial charge in [-0.1, -0.05) is 11.6 Å². The van der Waals surface area contributed by atoms with Gasteiger partial charge in [0.2, 0.25) is 0 Å². The molecule has 1 heterocycles. The topological polar surface area (TPSA) is 78.7 Å². The van der Waals surface area contributed by atoms with Gasteiger partial charge in [-0.15, -0.1) is 0 Å². The van der Waals surface area contributed by atoms with E-state index in [1.165, 1.54) is 24.3 Å². The Balaban J connectivity index is 2.10. The molecular formula is C15H10ClNO5. The molecule has 2 aromatic rings. The van der Waals surface area contributed by atoms with E-state index in [2.05, 4.69) is 0 Å². The molecule has 0 saturated heterocycles. The molecular weight excluding hydrogens is 310 g/mol. The molecule has 0 amide bonds. The van der Waals surface area contributed by atoms with Gasteiger partial charge in [-0.3, -0.25) is 14.9 Å². The fourth-order valence-corrected chi connectivity index (χ4v) is 2.29. The van der Waals surface area contributed by atoms with Crippen molar-refractivity contribution < 1.29 is 19.2 Å². The fraction of sp³-hybridized carbons (Fsp3) is 0.133. The minimum absolute atomic E-state index is 0.0448. The number of hydrogen-bond donors (Lipinski definition) is 0. The summed E-state index contributed by atoms with van der Waals surface area (Å²) in [4.78, 5) is 23.1. The maximum absolute atomic E-state index is 12.5. The van der Waals surface area contributed by atoms with Crippen molar-refractivity contribution in [1.82, 2.24) is 0 Å². The second-order valence-corrected chi connectivity index (χ2v) is 5.04. The van der Waals surface area contributed by atoms with E-state index < -0.39 is 10.7 Å². The van der Waals surface area contributed by atoms with Crippen molar-refractivity contribution in [3.8, 4) is 11.5 Å². The van der Waals surface area contributed by atoms with Gasteiger partial charge in [0.1, 0.15) is 18.8 Å². The van der Waals surface area contributed by atoms with Gasteiger partial charge in [0.15, 0.2) is 17.3 Å². The molecule has 0 saturated carbocycles. The third-order valence-electron chi connectivity index (χ3n) is 3.21. The highest BCUT2D eigenvalue weighted by molar-refractivity contribution is 6.30. The molecule has 0 radical (unpaired) electrons. The van der Waals surface area contributed by atoms with Crippen molar-refractivity contribution >= 4 is 23.1 Å². The molecule has 0 unspecified atom stereocenters. The second kappa shape index (κ2) is 5.65. The standard InChI is InChI=1S/C15H10ClNO5/c16-10-3-1-9(2-4-10)15(18)11-7-13-14(22-6-5-21-13)8-12(11)17(19)20/h1-4,7-8H,5-6H2. The molecule has 22 heavy (non-hydrogen) atoms. The minimum atomic E-state index is -0.610. The van der Waals surface area contributed by atoms with Gasteiger partial charge < -0.3 is 9.47 Å². The fourth-order valence-electron chi connectivity index (χ4n) is 2.17. The van der Waals surface area contributed by atoms with Crippen LogP contribution in [0.3, 0.4) is 0 Å². The Kier molecular flexibility index (Phi) is 3.68. The second-order valence-electron chi connectivity index (χ2n) is 4.61. The number of ketones is 1. The van der Waals surface area contributed by atoms with Gasteiger partial charge in [-0.25, -0.2) is 0 Å². The number of nitrogens with zero attached hydrogens (tertiary/aromatic N) is 1. The van der Waals surface area contributed by atoms with E-state index in [1.54, 1.807) is 12.1 Å². The summed E-state index contributed by atoms with van der Waals surface area (Å²) in [5, 5.41) is 11.7. The number of carbonyl (C=O) groups is 1.